The average Bonchev–Trinajstić information content (AvgIpc) is 2.71. The minimum absolute atomic E-state index is 0.266. The lowest BCUT2D eigenvalue weighted by Crippen LogP contribution is -2.16. The fourth-order valence-corrected chi connectivity index (χ4v) is 4.50. The number of aryl methyl sites for hydroxylation is 4. The van der Waals surface area contributed by atoms with E-state index in [-0.39, 0.29) is 4.90 Å². The lowest BCUT2D eigenvalue weighted by molar-refractivity contribution is 0.528. The van der Waals surface area contributed by atoms with Gasteiger partial charge in [-0.2, -0.15) is 0 Å². The van der Waals surface area contributed by atoms with E-state index < -0.39 is 15.8 Å². The summed E-state index contributed by atoms with van der Waals surface area (Å²) in [6.45, 7) is 5.47. The van der Waals surface area contributed by atoms with E-state index in [0.29, 0.717) is 27.9 Å². The molecule has 2 aromatic carbocycles. The third-order valence-electron chi connectivity index (χ3n) is 3.92. The molecule has 1 aromatic heterocycles. The molecular weight excluding hydrogens is 328 g/mol. The molecule has 0 atom stereocenters. The van der Waals surface area contributed by atoms with E-state index >= 15 is 0 Å². The molecule has 3 aromatic rings. The zero-order valence-electron chi connectivity index (χ0n) is 13.9. The molecule has 0 aliphatic carbocycles. The smallest absolute Gasteiger partial charge is 0.408 e. The minimum Gasteiger partial charge on any atom is -0.408 e. The van der Waals surface area contributed by atoms with Crippen LogP contribution in [0.4, 0.5) is 5.69 Å². The van der Waals surface area contributed by atoms with Gasteiger partial charge < -0.3 is 4.42 Å². The summed E-state index contributed by atoms with van der Waals surface area (Å²) in [6.07, 6.45) is 0. The number of anilines is 1. The van der Waals surface area contributed by atoms with Crippen LogP contribution in [0.3, 0.4) is 0 Å². The Bertz CT molecular complexity index is 1080. The molecule has 0 unspecified atom stereocenters. The second kappa shape index (κ2) is 5.52. The van der Waals surface area contributed by atoms with Gasteiger partial charge in [-0.25, -0.2) is 13.2 Å². The van der Waals surface area contributed by atoms with E-state index in [4.69, 9.17) is 4.42 Å². The van der Waals surface area contributed by atoms with Gasteiger partial charge >= 0.3 is 5.76 Å². The Kier molecular flexibility index (Phi) is 3.76. The van der Waals surface area contributed by atoms with Crippen molar-refractivity contribution in [3.05, 3.63) is 57.6 Å². The molecule has 0 bridgehead atoms. The predicted octanol–water partition coefficient (Wildman–Crippen LogP) is 2.86. The Morgan fingerprint density at radius 1 is 1.04 bits per heavy atom. The van der Waals surface area contributed by atoms with Gasteiger partial charge in [-0.05, 0) is 44.0 Å². The number of sulfonamides is 1. The molecule has 0 aliphatic heterocycles. The number of hydrogen-bond acceptors (Lipinski definition) is 4. The second-order valence-electron chi connectivity index (χ2n) is 5.94. The van der Waals surface area contributed by atoms with Gasteiger partial charge in [0.05, 0.1) is 16.1 Å². The van der Waals surface area contributed by atoms with Crippen molar-refractivity contribution in [3.63, 3.8) is 0 Å². The van der Waals surface area contributed by atoms with Crippen molar-refractivity contribution >= 4 is 26.8 Å². The largest absolute Gasteiger partial charge is 0.419 e. The molecule has 0 aliphatic rings. The van der Waals surface area contributed by atoms with Crippen molar-refractivity contribution in [2.24, 2.45) is 7.05 Å². The van der Waals surface area contributed by atoms with E-state index in [0.717, 1.165) is 5.56 Å². The molecule has 0 saturated carbocycles. The Morgan fingerprint density at radius 3 is 2.29 bits per heavy atom. The lowest BCUT2D eigenvalue weighted by atomic mass is 10.1. The molecule has 0 spiro atoms. The normalized spacial score (nSPS) is 11.8. The first-order valence-corrected chi connectivity index (χ1v) is 8.87. The van der Waals surface area contributed by atoms with E-state index in [9.17, 15) is 13.2 Å². The van der Waals surface area contributed by atoms with Crippen LogP contribution < -0.4 is 10.5 Å². The number of nitrogens with one attached hydrogen (secondary N) is 1. The monoisotopic (exact) mass is 346 g/mol. The maximum atomic E-state index is 12.8. The Hall–Kier alpha value is -2.54. The molecule has 126 valence electrons. The lowest BCUT2D eigenvalue weighted by Gasteiger charge is -2.13. The highest BCUT2D eigenvalue weighted by molar-refractivity contribution is 7.92. The molecule has 0 amide bonds. The van der Waals surface area contributed by atoms with Gasteiger partial charge in [-0.15, -0.1) is 0 Å². The highest BCUT2D eigenvalue weighted by atomic mass is 32.2. The molecule has 24 heavy (non-hydrogen) atoms. The third-order valence-corrected chi connectivity index (χ3v) is 5.60. The number of benzene rings is 2. The molecule has 7 heteroatoms. The van der Waals surface area contributed by atoms with Crippen LogP contribution in [0.2, 0.25) is 0 Å². The summed E-state index contributed by atoms with van der Waals surface area (Å²) >= 11 is 0. The highest BCUT2D eigenvalue weighted by Crippen LogP contribution is 2.25. The molecule has 0 radical (unpaired) electrons. The van der Waals surface area contributed by atoms with Crippen molar-refractivity contribution in [2.75, 3.05) is 4.72 Å². The Morgan fingerprint density at radius 2 is 1.67 bits per heavy atom. The van der Waals surface area contributed by atoms with Gasteiger partial charge in [0.2, 0.25) is 0 Å². The summed E-state index contributed by atoms with van der Waals surface area (Å²) in [6, 6.07) is 8.43. The fourth-order valence-electron chi connectivity index (χ4n) is 2.99. The van der Waals surface area contributed by atoms with Gasteiger partial charge in [-0.1, -0.05) is 17.7 Å². The number of hydrogen-bond donors (Lipinski definition) is 1. The van der Waals surface area contributed by atoms with Crippen LogP contribution >= 0.6 is 0 Å². The summed E-state index contributed by atoms with van der Waals surface area (Å²) in [7, 11) is -2.15. The van der Waals surface area contributed by atoms with Gasteiger partial charge in [-0.3, -0.25) is 9.29 Å². The highest BCUT2D eigenvalue weighted by Gasteiger charge is 2.20. The van der Waals surface area contributed by atoms with Gasteiger partial charge in [0.15, 0.2) is 5.58 Å². The van der Waals surface area contributed by atoms with E-state index in [2.05, 4.69) is 4.72 Å². The number of nitrogens with zero attached hydrogens (tertiary/aromatic N) is 1. The van der Waals surface area contributed by atoms with E-state index in [1.54, 1.807) is 33.0 Å². The zero-order chi connectivity index (χ0) is 17.6. The number of rotatable bonds is 3. The first-order chi connectivity index (χ1) is 11.2. The van der Waals surface area contributed by atoms with Gasteiger partial charge in [0, 0.05) is 13.1 Å². The summed E-state index contributed by atoms with van der Waals surface area (Å²) in [5.41, 5.74) is 3.66. The Labute approximate surface area is 139 Å². The molecule has 0 fully saturated rings. The van der Waals surface area contributed by atoms with Crippen molar-refractivity contribution in [2.45, 2.75) is 25.7 Å². The molecule has 3 rings (SSSR count). The average molecular weight is 346 g/mol. The maximum Gasteiger partial charge on any atom is 0.419 e. The maximum absolute atomic E-state index is 12.8. The first kappa shape index (κ1) is 16.3. The molecule has 1 heterocycles. The standard InChI is InChI=1S/C17H18N2O4S/c1-10-7-11(2)16(12(3)8-10)24(21,22)18-13-5-6-14-15(9-13)23-17(20)19(14)4/h5-9,18H,1-4H3. The van der Waals surface area contributed by atoms with Crippen LogP contribution in [0.25, 0.3) is 11.1 Å². The van der Waals surface area contributed by atoms with Crippen molar-refractivity contribution < 1.29 is 12.8 Å². The van der Waals surface area contributed by atoms with Crippen LogP contribution in [-0.2, 0) is 17.1 Å². The van der Waals surface area contributed by atoms with Gasteiger partial charge in [0.1, 0.15) is 0 Å². The quantitative estimate of drug-likeness (QED) is 0.791. The van der Waals surface area contributed by atoms with E-state index in [1.165, 1.54) is 10.6 Å². The topological polar surface area (TPSA) is 81.3 Å². The summed E-state index contributed by atoms with van der Waals surface area (Å²) in [4.78, 5) is 11.8. The van der Waals surface area contributed by atoms with Crippen LogP contribution in [0.15, 0.2) is 44.4 Å². The van der Waals surface area contributed by atoms with Crippen LogP contribution in [0.5, 0.6) is 0 Å². The summed E-state index contributed by atoms with van der Waals surface area (Å²) < 4.78 is 34.5. The zero-order valence-corrected chi connectivity index (χ0v) is 14.7. The van der Waals surface area contributed by atoms with Crippen molar-refractivity contribution in [1.82, 2.24) is 4.57 Å². The molecule has 0 saturated heterocycles. The first-order valence-electron chi connectivity index (χ1n) is 7.39. The van der Waals surface area contributed by atoms with Crippen LogP contribution in [-0.4, -0.2) is 13.0 Å². The van der Waals surface area contributed by atoms with Crippen LogP contribution in [0.1, 0.15) is 16.7 Å². The third kappa shape index (κ3) is 2.71. The molecular formula is C17H18N2O4S. The molecule has 6 nitrogen and oxygen atoms in total. The number of oxazole rings is 1. The predicted molar refractivity (Wildman–Crippen MR) is 92.9 cm³/mol. The summed E-state index contributed by atoms with van der Waals surface area (Å²) in [5.74, 6) is -0.491. The SMILES string of the molecule is Cc1cc(C)c(S(=O)(=O)Nc2ccc3c(c2)oc(=O)n3C)c(C)c1. The van der Waals surface area contributed by atoms with E-state index in [1.807, 2.05) is 19.1 Å². The van der Waals surface area contributed by atoms with Gasteiger partial charge in [0.25, 0.3) is 10.0 Å². The summed E-state index contributed by atoms with van der Waals surface area (Å²) in [5, 5.41) is 0. The Balaban J connectivity index is 2.05. The molecule has 1 N–H and O–H groups in total. The van der Waals surface area contributed by atoms with Crippen LogP contribution in [0, 0.1) is 20.8 Å². The number of fused-ring (bicyclic) bond motifs is 1. The van der Waals surface area contributed by atoms with Crippen molar-refractivity contribution in [3.8, 4) is 0 Å². The minimum atomic E-state index is -3.74. The van der Waals surface area contributed by atoms with Crippen molar-refractivity contribution in [1.29, 1.82) is 0 Å². The second-order valence-corrected chi connectivity index (χ2v) is 7.56. The number of aromatic nitrogens is 1. The fraction of sp³-hybridized carbons (Fsp3) is 0.235.